The first-order valence-electron chi connectivity index (χ1n) is 12.9. The van der Waals surface area contributed by atoms with E-state index in [9.17, 15) is 19.5 Å². The van der Waals surface area contributed by atoms with E-state index in [0.717, 1.165) is 17.7 Å². The van der Waals surface area contributed by atoms with Crippen LogP contribution >= 0.6 is 0 Å². The largest absolute Gasteiger partial charge is 0.481 e. The van der Waals surface area contributed by atoms with E-state index in [2.05, 4.69) is 10.3 Å². The number of nitrogens with one attached hydrogen (secondary N) is 1. The van der Waals surface area contributed by atoms with Gasteiger partial charge in [0.1, 0.15) is 0 Å². The van der Waals surface area contributed by atoms with Crippen LogP contribution in [0.5, 0.6) is 0 Å². The van der Waals surface area contributed by atoms with Crippen molar-refractivity contribution in [2.24, 2.45) is 0 Å². The third-order valence-electron chi connectivity index (χ3n) is 6.39. The number of carboxylic acid groups (broad SMARTS) is 1. The molecule has 4 aromatic rings. The van der Waals surface area contributed by atoms with E-state index in [-0.39, 0.29) is 31.3 Å². The molecule has 198 valence electrons. The monoisotopic (exact) mass is 521 g/mol. The number of carbonyl (C=O) groups excluding carboxylic acids is 2. The quantitative estimate of drug-likeness (QED) is 0.266. The Morgan fingerprint density at radius 2 is 1.38 bits per heavy atom. The second-order valence-electron chi connectivity index (χ2n) is 9.12. The van der Waals surface area contributed by atoms with Crippen molar-refractivity contribution >= 4 is 17.8 Å². The number of pyridine rings is 1. The Hall–Kier alpha value is -4.78. The highest BCUT2D eigenvalue weighted by molar-refractivity contribution is 6.06. The minimum absolute atomic E-state index is 0.101. The lowest BCUT2D eigenvalue weighted by Crippen LogP contribution is -2.34. The molecule has 2 amide bonds. The van der Waals surface area contributed by atoms with Gasteiger partial charge in [-0.2, -0.15) is 0 Å². The molecule has 0 aliphatic heterocycles. The summed E-state index contributed by atoms with van der Waals surface area (Å²) in [6.45, 7) is 0.796. The van der Waals surface area contributed by atoms with Crippen LogP contribution in [0.4, 0.5) is 0 Å². The Bertz CT molecular complexity index is 1410. The number of carbonyl (C=O) groups is 3. The number of hydrogen-bond acceptors (Lipinski definition) is 4. The highest BCUT2D eigenvalue weighted by Gasteiger charge is 2.22. The maximum absolute atomic E-state index is 13.8. The topological polar surface area (TPSA) is 99.6 Å². The van der Waals surface area contributed by atoms with Crippen LogP contribution in [0, 0.1) is 0 Å². The molecule has 4 rings (SSSR count). The molecule has 0 radical (unpaired) electrons. The van der Waals surface area contributed by atoms with Gasteiger partial charge >= 0.3 is 5.97 Å². The second-order valence-corrected chi connectivity index (χ2v) is 9.12. The Balaban J connectivity index is 1.57. The van der Waals surface area contributed by atoms with Gasteiger partial charge in [-0.15, -0.1) is 0 Å². The van der Waals surface area contributed by atoms with Gasteiger partial charge in [-0.3, -0.25) is 19.4 Å². The Morgan fingerprint density at radius 1 is 0.744 bits per heavy atom. The Morgan fingerprint density at radius 3 is 2.08 bits per heavy atom. The van der Waals surface area contributed by atoms with Crippen molar-refractivity contribution < 1.29 is 19.5 Å². The lowest BCUT2D eigenvalue weighted by Gasteiger charge is -2.24. The lowest BCUT2D eigenvalue weighted by atomic mass is 9.94. The fourth-order valence-electron chi connectivity index (χ4n) is 4.42. The van der Waals surface area contributed by atoms with Crippen molar-refractivity contribution in [1.29, 1.82) is 0 Å². The standard InChI is InChI=1S/C32H31N3O4/c36-30(37)19-22-35(21-10-13-24-11-2-1-3-12-24)32(39)29-18-7-5-16-27(29)26-15-4-6-17-28(26)31(38)34-23-25-14-8-9-20-33-25/h1-9,11-12,14-18,20H,10,13,19,21-23H2,(H,34,38)(H,36,37). The maximum atomic E-state index is 13.8. The molecule has 0 bridgehead atoms. The lowest BCUT2D eigenvalue weighted by molar-refractivity contribution is -0.137. The molecule has 3 aromatic carbocycles. The number of hydrogen-bond donors (Lipinski definition) is 2. The van der Waals surface area contributed by atoms with Crippen molar-refractivity contribution in [1.82, 2.24) is 15.2 Å². The van der Waals surface area contributed by atoms with E-state index in [1.807, 2.05) is 72.8 Å². The zero-order valence-corrected chi connectivity index (χ0v) is 21.6. The second kappa shape index (κ2) is 13.7. The molecule has 0 atom stereocenters. The smallest absolute Gasteiger partial charge is 0.305 e. The molecule has 7 nitrogen and oxygen atoms in total. The van der Waals surface area contributed by atoms with Gasteiger partial charge in [0.25, 0.3) is 11.8 Å². The van der Waals surface area contributed by atoms with Crippen LogP contribution in [-0.2, 0) is 17.8 Å². The SMILES string of the molecule is O=C(O)CCN(CCCc1ccccc1)C(=O)c1ccccc1-c1ccccc1C(=O)NCc1ccccn1. The summed E-state index contributed by atoms with van der Waals surface area (Å²) >= 11 is 0. The summed E-state index contributed by atoms with van der Waals surface area (Å²) in [5.41, 5.74) is 4.01. The first-order chi connectivity index (χ1) is 19.0. The normalized spacial score (nSPS) is 10.6. The van der Waals surface area contributed by atoms with Gasteiger partial charge in [0.2, 0.25) is 0 Å². The number of rotatable bonds is 12. The number of nitrogens with zero attached hydrogens (tertiary/aromatic N) is 2. The molecule has 1 heterocycles. The van der Waals surface area contributed by atoms with Crippen LogP contribution in [0.25, 0.3) is 11.1 Å². The zero-order valence-electron chi connectivity index (χ0n) is 21.6. The van der Waals surface area contributed by atoms with Crippen molar-refractivity contribution in [3.63, 3.8) is 0 Å². The average Bonchev–Trinajstić information content (AvgIpc) is 2.98. The zero-order chi connectivity index (χ0) is 27.5. The third-order valence-corrected chi connectivity index (χ3v) is 6.39. The number of benzene rings is 3. The minimum atomic E-state index is -0.959. The first kappa shape index (κ1) is 27.3. The average molecular weight is 522 g/mol. The van der Waals surface area contributed by atoms with E-state index < -0.39 is 5.97 Å². The number of aryl methyl sites for hydroxylation is 1. The Labute approximate surface area is 228 Å². The van der Waals surface area contributed by atoms with E-state index in [1.54, 1.807) is 35.4 Å². The van der Waals surface area contributed by atoms with Gasteiger partial charge in [0.15, 0.2) is 0 Å². The number of carboxylic acids is 1. The number of aromatic nitrogens is 1. The number of aliphatic carboxylic acids is 1. The summed E-state index contributed by atoms with van der Waals surface area (Å²) in [6, 6.07) is 29.8. The molecular weight excluding hydrogens is 490 g/mol. The van der Waals surface area contributed by atoms with Gasteiger partial charge < -0.3 is 15.3 Å². The highest BCUT2D eigenvalue weighted by Crippen LogP contribution is 2.28. The molecule has 0 saturated heterocycles. The molecule has 0 aliphatic rings. The van der Waals surface area contributed by atoms with Crippen molar-refractivity contribution in [3.8, 4) is 11.1 Å². The van der Waals surface area contributed by atoms with Crippen molar-refractivity contribution in [2.75, 3.05) is 13.1 Å². The van der Waals surface area contributed by atoms with Crippen LogP contribution in [-0.4, -0.2) is 45.9 Å². The molecule has 39 heavy (non-hydrogen) atoms. The van der Waals surface area contributed by atoms with Gasteiger partial charge in [-0.05, 0) is 53.8 Å². The third kappa shape index (κ3) is 7.61. The molecular formula is C32H31N3O4. The molecule has 7 heteroatoms. The summed E-state index contributed by atoms with van der Waals surface area (Å²) in [7, 11) is 0. The van der Waals surface area contributed by atoms with Crippen LogP contribution in [0.1, 0.15) is 44.8 Å². The molecule has 1 aromatic heterocycles. The van der Waals surface area contributed by atoms with Gasteiger partial charge in [-0.1, -0.05) is 72.8 Å². The van der Waals surface area contributed by atoms with Crippen LogP contribution in [0.15, 0.2) is 103 Å². The van der Waals surface area contributed by atoms with E-state index >= 15 is 0 Å². The first-order valence-corrected chi connectivity index (χ1v) is 12.9. The fraction of sp³-hybridized carbons (Fsp3) is 0.188. The van der Waals surface area contributed by atoms with Crippen LogP contribution in [0.2, 0.25) is 0 Å². The van der Waals surface area contributed by atoms with Gasteiger partial charge in [-0.25, -0.2) is 0 Å². The highest BCUT2D eigenvalue weighted by atomic mass is 16.4. The van der Waals surface area contributed by atoms with Crippen LogP contribution in [0.3, 0.4) is 0 Å². The van der Waals surface area contributed by atoms with Crippen molar-refractivity contribution in [3.05, 3.63) is 126 Å². The summed E-state index contributed by atoms with van der Waals surface area (Å²) in [6.07, 6.45) is 3.00. The summed E-state index contributed by atoms with van der Waals surface area (Å²) in [5, 5.41) is 12.2. The van der Waals surface area contributed by atoms with Gasteiger partial charge in [0.05, 0.1) is 18.7 Å². The summed E-state index contributed by atoms with van der Waals surface area (Å²) in [5.74, 6) is -1.49. The predicted octanol–water partition coefficient (Wildman–Crippen LogP) is 5.23. The molecule has 0 fully saturated rings. The van der Waals surface area contributed by atoms with E-state index in [4.69, 9.17) is 0 Å². The molecule has 0 aliphatic carbocycles. The van der Waals surface area contributed by atoms with Gasteiger partial charge in [0, 0.05) is 30.4 Å². The molecule has 0 unspecified atom stereocenters. The van der Waals surface area contributed by atoms with Crippen LogP contribution < -0.4 is 5.32 Å². The van der Waals surface area contributed by atoms with E-state index in [1.165, 1.54) is 0 Å². The Kier molecular flexibility index (Phi) is 9.56. The molecule has 0 saturated carbocycles. The molecule has 0 spiro atoms. The van der Waals surface area contributed by atoms with E-state index in [0.29, 0.717) is 35.2 Å². The summed E-state index contributed by atoms with van der Waals surface area (Å²) in [4.78, 5) is 44.2. The predicted molar refractivity (Wildman–Crippen MR) is 150 cm³/mol. The summed E-state index contributed by atoms with van der Waals surface area (Å²) < 4.78 is 0. The molecule has 2 N–H and O–H groups in total. The number of amides is 2. The minimum Gasteiger partial charge on any atom is -0.481 e. The fourth-order valence-corrected chi connectivity index (χ4v) is 4.42. The maximum Gasteiger partial charge on any atom is 0.305 e. The van der Waals surface area contributed by atoms with Crippen molar-refractivity contribution in [2.45, 2.75) is 25.8 Å².